The molecule has 0 bridgehead atoms. The zero-order chi connectivity index (χ0) is 11.8. The van der Waals surface area contributed by atoms with Crippen molar-refractivity contribution in [3.05, 3.63) is 18.0 Å². The van der Waals surface area contributed by atoms with Crippen molar-refractivity contribution in [1.29, 1.82) is 0 Å². The summed E-state index contributed by atoms with van der Waals surface area (Å²) < 4.78 is 9.69. The lowest BCUT2D eigenvalue weighted by molar-refractivity contribution is -0.145. The summed E-state index contributed by atoms with van der Waals surface area (Å²) in [6.07, 6.45) is 3.20. The summed E-state index contributed by atoms with van der Waals surface area (Å²) >= 11 is 0. The van der Waals surface area contributed by atoms with E-state index in [-0.39, 0.29) is 12.0 Å². The molecule has 0 aliphatic heterocycles. The van der Waals surface area contributed by atoms with Gasteiger partial charge in [-0.2, -0.15) is 0 Å². The molecule has 0 aliphatic rings. The van der Waals surface area contributed by atoms with Crippen molar-refractivity contribution in [2.75, 3.05) is 6.61 Å². The van der Waals surface area contributed by atoms with Crippen LogP contribution in [0.5, 0.6) is 0 Å². The summed E-state index contributed by atoms with van der Waals surface area (Å²) in [5.41, 5.74) is 0.783. The highest BCUT2D eigenvalue weighted by Crippen LogP contribution is 2.02. The molecule has 0 spiro atoms. The Morgan fingerprint density at radius 3 is 3.00 bits per heavy atom. The molecule has 5 heteroatoms. The molecule has 1 aromatic rings. The van der Waals surface area contributed by atoms with Crippen LogP contribution in [0.15, 0.2) is 16.9 Å². The molecular weight excluding hydrogens is 208 g/mol. The Labute approximate surface area is 95.1 Å². The number of nitrogens with zero attached hydrogens (tertiary/aromatic N) is 1. The number of ether oxygens (including phenoxy) is 1. The molecular formula is C11H18N2O3. The van der Waals surface area contributed by atoms with Crippen molar-refractivity contribution < 1.29 is 14.1 Å². The molecule has 0 saturated carbocycles. The predicted molar refractivity (Wildman–Crippen MR) is 58.7 cm³/mol. The Morgan fingerprint density at radius 2 is 2.44 bits per heavy atom. The van der Waals surface area contributed by atoms with Crippen molar-refractivity contribution in [2.45, 2.75) is 39.3 Å². The van der Waals surface area contributed by atoms with E-state index in [4.69, 9.17) is 9.26 Å². The molecule has 1 heterocycles. The molecule has 5 nitrogen and oxygen atoms in total. The number of esters is 1. The summed E-state index contributed by atoms with van der Waals surface area (Å²) in [7, 11) is 0. The van der Waals surface area contributed by atoms with E-state index in [9.17, 15) is 4.79 Å². The molecule has 0 radical (unpaired) electrons. The first-order valence-electron chi connectivity index (χ1n) is 5.57. The van der Waals surface area contributed by atoms with E-state index in [1.54, 1.807) is 13.0 Å². The highest BCUT2D eigenvalue weighted by molar-refractivity contribution is 5.75. The van der Waals surface area contributed by atoms with Gasteiger partial charge in [0.25, 0.3) is 0 Å². The average Bonchev–Trinajstić information content (AvgIpc) is 2.77. The second kappa shape index (κ2) is 7.00. The van der Waals surface area contributed by atoms with Crippen LogP contribution in [-0.4, -0.2) is 23.8 Å². The molecule has 1 atom stereocenters. The lowest BCUT2D eigenvalue weighted by Crippen LogP contribution is -2.37. The van der Waals surface area contributed by atoms with Crippen molar-refractivity contribution >= 4 is 5.97 Å². The number of hydrogen-bond acceptors (Lipinski definition) is 5. The van der Waals surface area contributed by atoms with E-state index in [0.717, 1.165) is 18.5 Å². The highest BCUT2D eigenvalue weighted by atomic mass is 16.5. The largest absolute Gasteiger partial charge is 0.465 e. The third-order valence-electron chi connectivity index (χ3n) is 2.17. The van der Waals surface area contributed by atoms with Crippen LogP contribution in [-0.2, 0) is 16.1 Å². The van der Waals surface area contributed by atoms with Gasteiger partial charge < -0.3 is 9.26 Å². The highest BCUT2D eigenvalue weighted by Gasteiger charge is 2.18. The number of carbonyl (C=O) groups excluding carboxylic acids is 1. The molecule has 90 valence electrons. The van der Waals surface area contributed by atoms with Crippen LogP contribution in [0, 0.1) is 0 Å². The molecule has 0 amide bonds. The van der Waals surface area contributed by atoms with Gasteiger partial charge in [0, 0.05) is 12.6 Å². The van der Waals surface area contributed by atoms with Gasteiger partial charge in [-0.25, -0.2) is 0 Å². The minimum atomic E-state index is -0.262. The fraction of sp³-hybridized carbons (Fsp3) is 0.636. The van der Waals surface area contributed by atoms with Gasteiger partial charge in [0.05, 0.1) is 12.3 Å². The fourth-order valence-electron chi connectivity index (χ4n) is 1.39. The second-order valence-corrected chi connectivity index (χ2v) is 3.46. The molecule has 1 unspecified atom stereocenters. The van der Waals surface area contributed by atoms with Gasteiger partial charge in [-0.05, 0) is 13.3 Å². The lowest BCUT2D eigenvalue weighted by atomic mass is 10.1. The average molecular weight is 226 g/mol. The van der Waals surface area contributed by atoms with E-state index < -0.39 is 0 Å². The van der Waals surface area contributed by atoms with Crippen molar-refractivity contribution in [1.82, 2.24) is 10.5 Å². The first kappa shape index (κ1) is 12.7. The van der Waals surface area contributed by atoms with Crippen molar-refractivity contribution in [3.63, 3.8) is 0 Å². The summed E-state index contributed by atoms with van der Waals surface area (Å²) in [6, 6.07) is 1.50. The first-order valence-corrected chi connectivity index (χ1v) is 5.57. The quantitative estimate of drug-likeness (QED) is 0.714. The SMILES string of the molecule is CCCC(NCc1ccon1)C(=O)OCC. The molecule has 1 N–H and O–H groups in total. The Kier molecular flexibility index (Phi) is 5.56. The standard InChI is InChI=1S/C11H18N2O3/c1-3-5-10(11(14)15-4-2)12-8-9-6-7-16-13-9/h6-7,10,12H,3-5,8H2,1-2H3. The van der Waals surface area contributed by atoms with Crippen LogP contribution in [0.2, 0.25) is 0 Å². The zero-order valence-corrected chi connectivity index (χ0v) is 9.73. The Bertz CT molecular complexity index is 298. The predicted octanol–water partition coefficient (Wildman–Crippen LogP) is 1.50. The number of hydrogen-bond donors (Lipinski definition) is 1. The van der Waals surface area contributed by atoms with Gasteiger partial charge in [0.1, 0.15) is 12.3 Å². The summed E-state index contributed by atoms with van der Waals surface area (Å²) in [4.78, 5) is 11.6. The number of rotatable bonds is 7. The van der Waals surface area contributed by atoms with Crippen LogP contribution in [0.3, 0.4) is 0 Å². The maximum atomic E-state index is 11.6. The van der Waals surface area contributed by atoms with Crippen molar-refractivity contribution in [3.8, 4) is 0 Å². The monoisotopic (exact) mass is 226 g/mol. The molecule has 1 rings (SSSR count). The van der Waals surface area contributed by atoms with Gasteiger partial charge in [-0.3, -0.25) is 10.1 Å². The van der Waals surface area contributed by atoms with Gasteiger partial charge in [-0.15, -0.1) is 0 Å². The van der Waals surface area contributed by atoms with E-state index >= 15 is 0 Å². The van der Waals surface area contributed by atoms with Crippen LogP contribution in [0.25, 0.3) is 0 Å². The second-order valence-electron chi connectivity index (χ2n) is 3.46. The third-order valence-corrected chi connectivity index (χ3v) is 2.17. The van der Waals surface area contributed by atoms with Gasteiger partial charge in [0.2, 0.25) is 0 Å². The third kappa shape index (κ3) is 4.02. The summed E-state index contributed by atoms with van der Waals surface area (Å²) in [5.74, 6) is -0.201. The fourth-order valence-corrected chi connectivity index (χ4v) is 1.39. The maximum Gasteiger partial charge on any atom is 0.323 e. The van der Waals surface area contributed by atoms with Gasteiger partial charge in [-0.1, -0.05) is 18.5 Å². The minimum Gasteiger partial charge on any atom is -0.465 e. The minimum absolute atomic E-state index is 0.201. The van der Waals surface area contributed by atoms with Crippen LogP contribution in [0.1, 0.15) is 32.4 Å². The normalized spacial score (nSPS) is 12.4. The van der Waals surface area contributed by atoms with E-state index in [1.807, 2.05) is 6.92 Å². The Hall–Kier alpha value is -1.36. The molecule has 0 aliphatic carbocycles. The van der Waals surface area contributed by atoms with Crippen LogP contribution in [0.4, 0.5) is 0 Å². The maximum absolute atomic E-state index is 11.6. The summed E-state index contributed by atoms with van der Waals surface area (Å²) in [5, 5.41) is 6.87. The smallest absolute Gasteiger partial charge is 0.323 e. The number of aromatic nitrogens is 1. The molecule has 0 aromatic carbocycles. The lowest BCUT2D eigenvalue weighted by Gasteiger charge is -2.15. The van der Waals surface area contributed by atoms with Crippen LogP contribution >= 0.6 is 0 Å². The van der Waals surface area contributed by atoms with Gasteiger partial charge in [0.15, 0.2) is 0 Å². The topological polar surface area (TPSA) is 64.4 Å². The van der Waals surface area contributed by atoms with Crippen LogP contribution < -0.4 is 5.32 Å². The molecule has 1 aromatic heterocycles. The number of nitrogens with one attached hydrogen (secondary N) is 1. The molecule has 16 heavy (non-hydrogen) atoms. The van der Waals surface area contributed by atoms with E-state index in [0.29, 0.717) is 13.2 Å². The van der Waals surface area contributed by atoms with Gasteiger partial charge >= 0.3 is 5.97 Å². The number of carbonyl (C=O) groups is 1. The zero-order valence-electron chi connectivity index (χ0n) is 9.73. The molecule has 0 saturated heterocycles. The first-order chi connectivity index (χ1) is 7.77. The Morgan fingerprint density at radius 1 is 1.62 bits per heavy atom. The van der Waals surface area contributed by atoms with Crippen molar-refractivity contribution in [2.24, 2.45) is 0 Å². The van der Waals surface area contributed by atoms with E-state index in [1.165, 1.54) is 6.26 Å². The Balaban J connectivity index is 2.41. The van der Waals surface area contributed by atoms with E-state index in [2.05, 4.69) is 10.5 Å². The summed E-state index contributed by atoms with van der Waals surface area (Å²) in [6.45, 7) is 4.76. The molecule has 0 fully saturated rings.